The standard InChI is InChI=1S/C17H22ClN3O3S/c18-14-4-2-1-3-13(14)15(20-5-8-24-9-6-20)11-19-16(22)12-21-7-10-25-17(21)23/h1-4,15H,5-12H2,(H,19,22). The molecule has 1 unspecified atom stereocenters. The molecular formula is C17H22ClN3O3S. The first-order valence-corrected chi connectivity index (χ1v) is 9.76. The molecule has 1 atom stereocenters. The van der Waals surface area contributed by atoms with Crippen LogP contribution in [0, 0.1) is 0 Å². The van der Waals surface area contributed by atoms with Crippen LogP contribution in [0.3, 0.4) is 0 Å². The number of nitrogens with zero attached hydrogens (tertiary/aromatic N) is 2. The second-order valence-corrected chi connectivity index (χ2v) is 7.48. The van der Waals surface area contributed by atoms with Crippen LogP contribution in [0.5, 0.6) is 0 Å². The van der Waals surface area contributed by atoms with E-state index in [1.165, 1.54) is 11.8 Å². The van der Waals surface area contributed by atoms with E-state index in [1.54, 1.807) is 4.90 Å². The van der Waals surface area contributed by atoms with Crippen LogP contribution in [0.25, 0.3) is 0 Å². The van der Waals surface area contributed by atoms with Gasteiger partial charge in [-0.05, 0) is 11.6 Å². The van der Waals surface area contributed by atoms with Crippen molar-refractivity contribution in [3.63, 3.8) is 0 Å². The lowest BCUT2D eigenvalue weighted by Crippen LogP contribution is -2.45. The van der Waals surface area contributed by atoms with Crippen LogP contribution in [0.4, 0.5) is 4.79 Å². The van der Waals surface area contributed by atoms with Crippen LogP contribution >= 0.6 is 23.4 Å². The van der Waals surface area contributed by atoms with Gasteiger partial charge in [0, 0.05) is 37.0 Å². The van der Waals surface area contributed by atoms with E-state index < -0.39 is 0 Å². The molecule has 2 heterocycles. The number of nitrogens with one attached hydrogen (secondary N) is 1. The van der Waals surface area contributed by atoms with Gasteiger partial charge in [0.15, 0.2) is 0 Å². The smallest absolute Gasteiger partial charge is 0.282 e. The normalized spacial score (nSPS) is 19.9. The predicted octanol–water partition coefficient (Wildman–Crippen LogP) is 2.00. The van der Waals surface area contributed by atoms with Crippen molar-refractivity contribution >= 4 is 34.5 Å². The lowest BCUT2D eigenvalue weighted by Gasteiger charge is -2.35. The molecule has 0 aromatic heterocycles. The average Bonchev–Trinajstić information content (AvgIpc) is 3.02. The molecule has 2 fully saturated rings. The van der Waals surface area contributed by atoms with E-state index in [1.807, 2.05) is 24.3 Å². The quantitative estimate of drug-likeness (QED) is 0.814. The zero-order valence-corrected chi connectivity index (χ0v) is 15.5. The summed E-state index contributed by atoms with van der Waals surface area (Å²) in [6, 6.07) is 7.71. The molecule has 6 nitrogen and oxygen atoms in total. The van der Waals surface area contributed by atoms with Crippen LogP contribution in [0.2, 0.25) is 5.02 Å². The maximum Gasteiger partial charge on any atom is 0.282 e. The van der Waals surface area contributed by atoms with Crippen LogP contribution < -0.4 is 5.32 Å². The van der Waals surface area contributed by atoms with Gasteiger partial charge in [-0.1, -0.05) is 41.6 Å². The lowest BCUT2D eigenvalue weighted by molar-refractivity contribution is -0.121. The Labute approximate surface area is 156 Å². The predicted molar refractivity (Wildman–Crippen MR) is 99.0 cm³/mol. The number of halogens is 1. The first-order chi connectivity index (χ1) is 12.1. The van der Waals surface area contributed by atoms with Crippen molar-refractivity contribution < 1.29 is 14.3 Å². The zero-order valence-electron chi connectivity index (χ0n) is 13.9. The second-order valence-electron chi connectivity index (χ2n) is 6.03. The Morgan fingerprint density at radius 2 is 2.04 bits per heavy atom. The highest BCUT2D eigenvalue weighted by Gasteiger charge is 2.26. The summed E-state index contributed by atoms with van der Waals surface area (Å²) in [5.41, 5.74) is 0.999. The van der Waals surface area contributed by atoms with Crippen LogP contribution in [-0.2, 0) is 9.53 Å². The summed E-state index contributed by atoms with van der Waals surface area (Å²) < 4.78 is 5.43. The molecule has 2 amide bonds. The fourth-order valence-electron chi connectivity index (χ4n) is 3.08. The van der Waals surface area contributed by atoms with Crippen molar-refractivity contribution in [1.29, 1.82) is 0 Å². The summed E-state index contributed by atoms with van der Waals surface area (Å²) >= 11 is 7.64. The van der Waals surface area contributed by atoms with Gasteiger partial charge in [-0.3, -0.25) is 14.5 Å². The highest BCUT2D eigenvalue weighted by atomic mass is 35.5. The number of carbonyl (C=O) groups excluding carboxylic acids is 2. The number of hydrogen-bond donors (Lipinski definition) is 1. The molecule has 0 bridgehead atoms. The maximum absolute atomic E-state index is 12.3. The summed E-state index contributed by atoms with van der Waals surface area (Å²) in [5.74, 6) is 0.614. The van der Waals surface area contributed by atoms with E-state index in [9.17, 15) is 9.59 Å². The third kappa shape index (κ3) is 4.88. The fraction of sp³-hybridized carbons (Fsp3) is 0.529. The molecule has 1 aromatic carbocycles. The molecule has 0 aliphatic carbocycles. The number of thioether (sulfide) groups is 1. The summed E-state index contributed by atoms with van der Waals surface area (Å²) in [5, 5.41) is 3.64. The molecule has 8 heteroatoms. The van der Waals surface area contributed by atoms with Crippen LogP contribution in [0.1, 0.15) is 11.6 Å². The maximum atomic E-state index is 12.3. The Morgan fingerprint density at radius 3 is 2.72 bits per heavy atom. The van der Waals surface area contributed by atoms with Gasteiger partial charge in [0.05, 0.1) is 19.3 Å². The second kappa shape index (κ2) is 8.89. The number of carbonyl (C=O) groups is 2. The Morgan fingerprint density at radius 1 is 1.28 bits per heavy atom. The largest absolute Gasteiger partial charge is 0.379 e. The summed E-state index contributed by atoms with van der Waals surface area (Å²) in [7, 11) is 0. The average molecular weight is 384 g/mol. The third-order valence-electron chi connectivity index (χ3n) is 4.42. The molecule has 136 valence electrons. The van der Waals surface area contributed by atoms with Crippen molar-refractivity contribution in [1.82, 2.24) is 15.1 Å². The van der Waals surface area contributed by atoms with Gasteiger partial charge in [-0.2, -0.15) is 0 Å². The summed E-state index contributed by atoms with van der Waals surface area (Å²) in [6.45, 7) is 4.15. The van der Waals surface area contributed by atoms with Crippen molar-refractivity contribution in [2.24, 2.45) is 0 Å². The van der Waals surface area contributed by atoms with Crippen molar-refractivity contribution in [3.05, 3.63) is 34.9 Å². The molecule has 0 radical (unpaired) electrons. The van der Waals surface area contributed by atoms with Crippen molar-refractivity contribution in [3.8, 4) is 0 Å². The molecule has 2 aliphatic heterocycles. The molecule has 2 aliphatic rings. The molecule has 0 saturated carbocycles. The van der Waals surface area contributed by atoms with Gasteiger partial charge in [0.1, 0.15) is 6.54 Å². The molecule has 25 heavy (non-hydrogen) atoms. The lowest BCUT2D eigenvalue weighted by atomic mass is 10.0. The number of hydrogen-bond acceptors (Lipinski definition) is 5. The van der Waals surface area contributed by atoms with Crippen LogP contribution in [-0.4, -0.2) is 72.6 Å². The van der Waals surface area contributed by atoms with E-state index in [0.29, 0.717) is 31.3 Å². The Hall–Kier alpha value is -1.28. The van der Waals surface area contributed by atoms with E-state index in [4.69, 9.17) is 16.3 Å². The minimum Gasteiger partial charge on any atom is -0.379 e. The highest BCUT2D eigenvalue weighted by molar-refractivity contribution is 8.13. The Bertz CT molecular complexity index is 625. The molecule has 2 saturated heterocycles. The van der Waals surface area contributed by atoms with E-state index in [2.05, 4.69) is 10.2 Å². The number of benzene rings is 1. The summed E-state index contributed by atoms with van der Waals surface area (Å²) in [6.07, 6.45) is 0. The van der Waals surface area contributed by atoms with Gasteiger partial charge in [-0.15, -0.1) is 0 Å². The van der Waals surface area contributed by atoms with Gasteiger partial charge in [-0.25, -0.2) is 0 Å². The highest BCUT2D eigenvalue weighted by Crippen LogP contribution is 2.27. The molecule has 0 spiro atoms. The van der Waals surface area contributed by atoms with Gasteiger partial charge in [0.25, 0.3) is 5.24 Å². The fourth-order valence-corrected chi connectivity index (χ4v) is 4.17. The third-order valence-corrected chi connectivity index (χ3v) is 5.66. The van der Waals surface area contributed by atoms with Gasteiger partial charge < -0.3 is 15.0 Å². The molecular weight excluding hydrogens is 362 g/mol. The van der Waals surface area contributed by atoms with Crippen LogP contribution in [0.15, 0.2) is 24.3 Å². The van der Waals surface area contributed by atoms with E-state index in [0.717, 1.165) is 24.4 Å². The number of rotatable bonds is 6. The zero-order chi connectivity index (χ0) is 17.6. The number of morpholine rings is 1. The SMILES string of the molecule is O=C(CN1CCSC1=O)NCC(c1ccccc1Cl)N1CCOCC1. The van der Waals surface area contributed by atoms with Crippen molar-refractivity contribution in [2.45, 2.75) is 6.04 Å². The molecule has 1 aromatic rings. The van der Waals surface area contributed by atoms with Crippen molar-refractivity contribution in [2.75, 3.05) is 51.7 Å². The molecule has 3 rings (SSSR count). The van der Waals surface area contributed by atoms with E-state index >= 15 is 0 Å². The van der Waals surface area contributed by atoms with Gasteiger partial charge in [0.2, 0.25) is 5.91 Å². The Balaban J connectivity index is 1.64. The number of ether oxygens (including phenoxy) is 1. The first kappa shape index (κ1) is 18.5. The van der Waals surface area contributed by atoms with E-state index in [-0.39, 0.29) is 23.7 Å². The first-order valence-electron chi connectivity index (χ1n) is 8.40. The van der Waals surface area contributed by atoms with Gasteiger partial charge >= 0.3 is 0 Å². The topological polar surface area (TPSA) is 61.9 Å². The molecule has 1 N–H and O–H groups in total. The minimum absolute atomic E-state index is 0.00907. The Kier molecular flexibility index (Phi) is 6.58. The minimum atomic E-state index is -0.138. The summed E-state index contributed by atoms with van der Waals surface area (Å²) in [4.78, 5) is 27.8. The monoisotopic (exact) mass is 383 g/mol. The number of amides is 2.